The number of aliphatic hydroxyl groups is 1. The Morgan fingerprint density at radius 3 is 2.71 bits per heavy atom. The maximum atomic E-state index is 13.8. The maximum Gasteiger partial charge on any atom is 0.246 e. The van der Waals surface area contributed by atoms with Gasteiger partial charge in [0, 0.05) is 18.7 Å². The van der Waals surface area contributed by atoms with Crippen molar-refractivity contribution in [1.82, 2.24) is 4.31 Å². The summed E-state index contributed by atoms with van der Waals surface area (Å²) in [4.78, 5) is -0.688. The fourth-order valence-electron chi connectivity index (χ4n) is 2.11. The standard InChI is InChI=1S/C12H16F2N2O4S/c1-7-6-20-8(5-17)4-16(7)21(18,19)12-3-11(15)9(13)2-10(12)14/h2-3,7-8,17H,4-6,15H2,1H3. The molecule has 0 aliphatic carbocycles. The number of hydrogen-bond acceptors (Lipinski definition) is 5. The summed E-state index contributed by atoms with van der Waals surface area (Å²) in [5.41, 5.74) is 4.87. The molecule has 3 N–H and O–H groups in total. The molecular formula is C12H16F2N2O4S. The minimum absolute atomic E-state index is 0.0722. The van der Waals surface area contributed by atoms with Gasteiger partial charge in [0.25, 0.3) is 0 Å². The first-order valence-electron chi connectivity index (χ1n) is 6.26. The first-order valence-corrected chi connectivity index (χ1v) is 7.70. The summed E-state index contributed by atoms with van der Waals surface area (Å²) in [5.74, 6) is -2.23. The van der Waals surface area contributed by atoms with E-state index in [4.69, 9.17) is 15.6 Å². The summed E-state index contributed by atoms with van der Waals surface area (Å²) < 4.78 is 58.3. The SMILES string of the molecule is CC1COC(CO)CN1S(=O)(=O)c1cc(N)c(F)cc1F. The van der Waals surface area contributed by atoms with E-state index in [2.05, 4.69) is 0 Å². The predicted octanol–water partition coefficient (Wildman–Crippen LogP) is 0.317. The first kappa shape index (κ1) is 16.1. The van der Waals surface area contributed by atoms with Crippen LogP contribution in [-0.4, -0.2) is 49.7 Å². The van der Waals surface area contributed by atoms with Gasteiger partial charge in [0.15, 0.2) is 0 Å². The van der Waals surface area contributed by atoms with Crippen LogP contribution < -0.4 is 5.73 Å². The van der Waals surface area contributed by atoms with Crippen LogP contribution in [0, 0.1) is 11.6 Å². The number of nitrogen functional groups attached to an aromatic ring is 1. The van der Waals surface area contributed by atoms with E-state index in [1.807, 2.05) is 0 Å². The largest absolute Gasteiger partial charge is 0.396 e. The molecule has 6 nitrogen and oxygen atoms in total. The van der Waals surface area contributed by atoms with Crippen molar-refractivity contribution in [3.63, 3.8) is 0 Å². The topological polar surface area (TPSA) is 92.9 Å². The Hall–Kier alpha value is -1.29. The van der Waals surface area contributed by atoms with Gasteiger partial charge in [-0.25, -0.2) is 17.2 Å². The molecule has 1 fully saturated rings. The second kappa shape index (κ2) is 5.84. The smallest absolute Gasteiger partial charge is 0.246 e. The number of rotatable bonds is 3. The number of ether oxygens (including phenoxy) is 1. The molecule has 0 saturated carbocycles. The molecule has 1 saturated heterocycles. The molecule has 1 aromatic carbocycles. The number of aliphatic hydroxyl groups excluding tert-OH is 1. The Morgan fingerprint density at radius 2 is 2.10 bits per heavy atom. The molecule has 2 unspecified atom stereocenters. The van der Waals surface area contributed by atoms with E-state index < -0.39 is 44.4 Å². The lowest BCUT2D eigenvalue weighted by Gasteiger charge is -2.36. The van der Waals surface area contributed by atoms with E-state index >= 15 is 0 Å². The molecule has 1 heterocycles. The fraction of sp³-hybridized carbons (Fsp3) is 0.500. The number of nitrogens with two attached hydrogens (primary N) is 1. The van der Waals surface area contributed by atoms with Gasteiger partial charge in [0.05, 0.1) is 25.0 Å². The molecule has 2 rings (SSSR count). The zero-order chi connectivity index (χ0) is 15.8. The molecule has 0 radical (unpaired) electrons. The number of morpholine rings is 1. The number of hydrogen-bond donors (Lipinski definition) is 2. The lowest BCUT2D eigenvalue weighted by atomic mass is 10.2. The molecule has 21 heavy (non-hydrogen) atoms. The third-order valence-electron chi connectivity index (χ3n) is 3.29. The van der Waals surface area contributed by atoms with Crippen LogP contribution >= 0.6 is 0 Å². The minimum Gasteiger partial charge on any atom is -0.396 e. The van der Waals surface area contributed by atoms with Crippen molar-refractivity contribution >= 4 is 15.7 Å². The van der Waals surface area contributed by atoms with Crippen LogP contribution in [-0.2, 0) is 14.8 Å². The van der Waals surface area contributed by atoms with Crippen molar-refractivity contribution in [3.8, 4) is 0 Å². The molecule has 1 aliphatic heterocycles. The average Bonchev–Trinajstić information content (AvgIpc) is 2.43. The van der Waals surface area contributed by atoms with Crippen molar-refractivity contribution in [2.75, 3.05) is 25.5 Å². The highest BCUT2D eigenvalue weighted by Gasteiger charge is 2.37. The van der Waals surface area contributed by atoms with Crippen LogP contribution in [0.5, 0.6) is 0 Å². The second-order valence-corrected chi connectivity index (χ2v) is 6.72. The third kappa shape index (κ3) is 3.00. The molecule has 0 bridgehead atoms. The highest BCUT2D eigenvalue weighted by Crippen LogP contribution is 2.27. The van der Waals surface area contributed by atoms with Crippen molar-refractivity contribution in [3.05, 3.63) is 23.8 Å². The summed E-state index contributed by atoms with van der Waals surface area (Å²) >= 11 is 0. The summed E-state index contributed by atoms with van der Waals surface area (Å²) in [5, 5.41) is 9.08. The van der Waals surface area contributed by atoms with Gasteiger partial charge in [0.2, 0.25) is 10.0 Å². The van der Waals surface area contributed by atoms with Gasteiger partial charge < -0.3 is 15.6 Å². The Labute approximate surface area is 121 Å². The zero-order valence-corrected chi connectivity index (χ0v) is 12.1. The number of nitrogens with zero attached hydrogens (tertiary/aromatic N) is 1. The van der Waals surface area contributed by atoms with Gasteiger partial charge in [-0.05, 0) is 13.0 Å². The van der Waals surface area contributed by atoms with Crippen molar-refractivity contribution in [1.29, 1.82) is 0 Å². The van der Waals surface area contributed by atoms with Crippen LogP contribution in [0.3, 0.4) is 0 Å². The highest BCUT2D eigenvalue weighted by atomic mass is 32.2. The van der Waals surface area contributed by atoms with Crippen molar-refractivity contribution in [2.24, 2.45) is 0 Å². The van der Waals surface area contributed by atoms with E-state index in [0.29, 0.717) is 6.07 Å². The number of anilines is 1. The van der Waals surface area contributed by atoms with Gasteiger partial charge in [-0.15, -0.1) is 0 Å². The molecule has 0 amide bonds. The van der Waals surface area contributed by atoms with Crippen molar-refractivity contribution in [2.45, 2.75) is 24.0 Å². The summed E-state index contributed by atoms with van der Waals surface area (Å²) in [6, 6.07) is 0.663. The maximum absolute atomic E-state index is 13.8. The molecule has 9 heteroatoms. The van der Waals surface area contributed by atoms with Crippen LogP contribution in [0.4, 0.5) is 14.5 Å². The number of sulfonamides is 1. The summed E-state index contributed by atoms with van der Waals surface area (Å²) in [6.45, 7) is 1.20. The molecule has 118 valence electrons. The highest BCUT2D eigenvalue weighted by molar-refractivity contribution is 7.89. The monoisotopic (exact) mass is 322 g/mol. The Balaban J connectivity index is 2.43. The summed E-state index contributed by atoms with van der Waals surface area (Å²) in [6.07, 6.45) is -0.683. The van der Waals surface area contributed by atoms with E-state index in [-0.39, 0.29) is 19.8 Å². The van der Waals surface area contributed by atoms with Gasteiger partial charge >= 0.3 is 0 Å². The number of halogens is 2. The molecule has 2 atom stereocenters. The molecule has 0 spiro atoms. The number of benzene rings is 1. The quantitative estimate of drug-likeness (QED) is 0.782. The molecule has 1 aromatic rings. The Morgan fingerprint density at radius 1 is 1.43 bits per heavy atom. The Bertz CT molecular complexity index is 638. The van der Waals surface area contributed by atoms with Crippen LogP contribution in [0.2, 0.25) is 0 Å². The molecular weight excluding hydrogens is 306 g/mol. The summed E-state index contributed by atoms with van der Waals surface area (Å²) in [7, 11) is -4.20. The van der Waals surface area contributed by atoms with Crippen LogP contribution in [0.1, 0.15) is 6.92 Å². The zero-order valence-electron chi connectivity index (χ0n) is 11.3. The lowest BCUT2D eigenvalue weighted by Crippen LogP contribution is -2.52. The second-order valence-electron chi connectivity index (χ2n) is 4.87. The van der Waals surface area contributed by atoms with Crippen molar-refractivity contribution < 1.29 is 27.0 Å². The molecule has 1 aliphatic rings. The van der Waals surface area contributed by atoms with Crippen LogP contribution in [0.15, 0.2) is 17.0 Å². The van der Waals surface area contributed by atoms with E-state index in [1.165, 1.54) is 0 Å². The Kier molecular flexibility index (Phi) is 4.47. The van der Waals surface area contributed by atoms with E-state index in [1.54, 1.807) is 6.92 Å². The first-order chi connectivity index (χ1) is 9.77. The van der Waals surface area contributed by atoms with Crippen LogP contribution in [0.25, 0.3) is 0 Å². The fourth-order valence-corrected chi connectivity index (χ4v) is 3.84. The predicted molar refractivity (Wildman–Crippen MR) is 71.0 cm³/mol. The van der Waals surface area contributed by atoms with Gasteiger partial charge in [-0.2, -0.15) is 4.31 Å². The van der Waals surface area contributed by atoms with E-state index in [0.717, 1.165) is 10.4 Å². The molecule has 0 aromatic heterocycles. The minimum atomic E-state index is -4.20. The normalized spacial score (nSPS) is 24.2. The van der Waals surface area contributed by atoms with Gasteiger partial charge in [-0.3, -0.25) is 0 Å². The lowest BCUT2D eigenvalue weighted by molar-refractivity contribution is -0.0516. The average molecular weight is 322 g/mol. The van der Waals surface area contributed by atoms with E-state index in [9.17, 15) is 17.2 Å². The van der Waals surface area contributed by atoms with Gasteiger partial charge in [-0.1, -0.05) is 0 Å². The van der Waals surface area contributed by atoms with Gasteiger partial charge in [0.1, 0.15) is 16.5 Å². The third-order valence-corrected chi connectivity index (χ3v) is 5.28.